The minimum Gasteiger partial charge on any atom is -0.317 e. The maximum atomic E-state index is 3.59. The molecule has 2 nitrogen and oxygen atoms in total. The lowest BCUT2D eigenvalue weighted by molar-refractivity contribution is 0.125. The van der Waals surface area contributed by atoms with Gasteiger partial charge in [0.15, 0.2) is 0 Å². The Labute approximate surface area is 120 Å². The number of hydrogen-bond donors (Lipinski definition) is 1. The van der Waals surface area contributed by atoms with Gasteiger partial charge in [-0.2, -0.15) is 0 Å². The molecule has 2 rings (SSSR count). The SMILES string of the molecule is CCN(CC1CC1)CC1CC(C(C)C)CCC1NC. The maximum absolute atomic E-state index is 3.59. The summed E-state index contributed by atoms with van der Waals surface area (Å²) in [5, 5.41) is 3.59. The van der Waals surface area contributed by atoms with Gasteiger partial charge in [0, 0.05) is 19.1 Å². The number of hydrogen-bond acceptors (Lipinski definition) is 2. The summed E-state index contributed by atoms with van der Waals surface area (Å²) in [6.45, 7) is 11.1. The highest BCUT2D eigenvalue weighted by Crippen LogP contribution is 2.35. The standard InChI is InChI=1S/C17H34N2/c1-5-19(11-14-6-7-14)12-16-10-15(13(2)3)8-9-17(16)18-4/h13-18H,5-12H2,1-4H3. The molecule has 0 amide bonds. The third kappa shape index (κ3) is 4.46. The van der Waals surface area contributed by atoms with Crippen LogP contribution in [0.15, 0.2) is 0 Å². The predicted octanol–water partition coefficient (Wildman–Crippen LogP) is 3.38. The van der Waals surface area contributed by atoms with Gasteiger partial charge in [-0.3, -0.25) is 0 Å². The zero-order valence-electron chi connectivity index (χ0n) is 13.5. The third-order valence-corrected chi connectivity index (χ3v) is 5.49. The van der Waals surface area contributed by atoms with Crippen LogP contribution in [0.25, 0.3) is 0 Å². The lowest BCUT2D eigenvalue weighted by atomic mass is 9.73. The zero-order valence-corrected chi connectivity index (χ0v) is 13.5. The van der Waals surface area contributed by atoms with E-state index in [1.165, 1.54) is 51.7 Å². The van der Waals surface area contributed by atoms with E-state index in [1.54, 1.807) is 0 Å². The van der Waals surface area contributed by atoms with Gasteiger partial charge < -0.3 is 10.2 Å². The molecule has 19 heavy (non-hydrogen) atoms. The molecule has 0 spiro atoms. The van der Waals surface area contributed by atoms with Gasteiger partial charge in [-0.1, -0.05) is 20.8 Å². The van der Waals surface area contributed by atoms with Gasteiger partial charge in [0.1, 0.15) is 0 Å². The van der Waals surface area contributed by atoms with Crippen molar-refractivity contribution in [1.29, 1.82) is 0 Å². The fourth-order valence-electron chi connectivity index (χ4n) is 3.82. The van der Waals surface area contributed by atoms with Crippen LogP contribution in [0.2, 0.25) is 0 Å². The number of nitrogens with one attached hydrogen (secondary N) is 1. The van der Waals surface area contributed by atoms with Crippen LogP contribution in [-0.4, -0.2) is 37.6 Å². The van der Waals surface area contributed by atoms with Crippen LogP contribution in [0.1, 0.15) is 52.9 Å². The molecule has 0 bridgehead atoms. The minimum atomic E-state index is 0.753. The van der Waals surface area contributed by atoms with E-state index in [0.717, 1.165) is 29.7 Å². The Hall–Kier alpha value is -0.0800. The lowest BCUT2D eigenvalue weighted by Gasteiger charge is -2.40. The maximum Gasteiger partial charge on any atom is 0.0105 e. The monoisotopic (exact) mass is 266 g/mol. The summed E-state index contributed by atoms with van der Waals surface area (Å²) >= 11 is 0. The average molecular weight is 266 g/mol. The zero-order chi connectivity index (χ0) is 13.8. The molecule has 1 N–H and O–H groups in total. The Morgan fingerprint density at radius 1 is 1.11 bits per heavy atom. The first kappa shape index (κ1) is 15.3. The van der Waals surface area contributed by atoms with Crippen molar-refractivity contribution < 1.29 is 0 Å². The van der Waals surface area contributed by atoms with Crippen LogP contribution in [0, 0.1) is 23.7 Å². The van der Waals surface area contributed by atoms with Gasteiger partial charge in [-0.05, 0) is 69.4 Å². The Bertz CT molecular complexity index is 260. The van der Waals surface area contributed by atoms with E-state index in [2.05, 4.69) is 38.0 Å². The molecular weight excluding hydrogens is 232 g/mol. The molecule has 0 heterocycles. The summed E-state index contributed by atoms with van der Waals surface area (Å²) in [4.78, 5) is 2.72. The van der Waals surface area contributed by atoms with E-state index in [1.807, 2.05) is 0 Å². The summed E-state index contributed by atoms with van der Waals surface area (Å²) in [7, 11) is 2.16. The van der Waals surface area contributed by atoms with Crippen LogP contribution >= 0.6 is 0 Å². The molecule has 0 saturated heterocycles. The smallest absolute Gasteiger partial charge is 0.0105 e. The predicted molar refractivity (Wildman–Crippen MR) is 83.4 cm³/mol. The summed E-state index contributed by atoms with van der Waals surface area (Å²) in [6.07, 6.45) is 7.19. The molecule has 2 aliphatic carbocycles. The van der Waals surface area contributed by atoms with Gasteiger partial charge >= 0.3 is 0 Å². The molecule has 2 heteroatoms. The van der Waals surface area contributed by atoms with E-state index in [4.69, 9.17) is 0 Å². The summed E-state index contributed by atoms with van der Waals surface area (Å²) < 4.78 is 0. The van der Waals surface area contributed by atoms with Crippen molar-refractivity contribution in [2.24, 2.45) is 23.7 Å². The second kappa shape index (κ2) is 7.08. The Morgan fingerprint density at radius 2 is 1.84 bits per heavy atom. The Morgan fingerprint density at radius 3 is 2.37 bits per heavy atom. The van der Waals surface area contributed by atoms with E-state index < -0.39 is 0 Å². The second-order valence-electron chi connectivity index (χ2n) is 7.27. The number of rotatable bonds is 7. The van der Waals surface area contributed by atoms with Crippen molar-refractivity contribution in [2.75, 3.05) is 26.7 Å². The van der Waals surface area contributed by atoms with Crippen LogP contribution in [0.4, 0.5) is 0 Å². The van der Waals surface area contributed by atoms with Crippen LogP contribution < -0.4 is 5.32 Å². The van der Waals surface area contributed by atoms with Crippen LogP contribution in [0.5, 0.6) is 0 Å². The molecule has 112 valence electrons. The van der Waals surface area contributed by atoms with Gasteiger partial charge in [0.2, 0.25) is 0 Å². The third-order valence-electron chi connectivity index (χ3n) is 5.49. The molecule has 0 aliphatic heterocycles. The highest BCUT2D eigenvalue weighted by atomic mass is 15.1. The fraction of sp³-hybridized carbons (Fsp3) is 1.00. The quantitative estimate of drug-likeness (QED) is 0.760. The van der Waals surface area contributed by atoms with E-state index in [-0.39, 0.29) is 0 Å². The summed E-state index contributed by atoms with van der Waals surface area (Å²) in [6, 6.07) is 0.753. The normalized spacial score (nSPS) is 32.2. The largest absolute Gasteiger partial charge is 0.317 e. The van der Waals surface area contributed by atoms with Gasteiger partial charge in [0.25, 0.3) is 0 Å². The molecule has 0 aromatic carbocycles. The fourth-order valence-corrected chi connectivity index (χ4v) is 3.82. The second-order valence-corrected chi connectivity index (χ2v) is 7.27. The molecule has 3 atom stereocenters. The lowest BCUT2D eigenvalue weighted by Crippen LogP contribution is -2.45. The Balaban J connectivity index is 1.88. The van der Waals surface area contributed by atoms with Crippen molar-refractivity contribution >= 4 is 0 Å². The van der Waals surface area contributed by atoms with Gasteiger partial charge in [0.05, 0.1) is 0 Å². The van der Waals surface area contributed by atoms with Crippen molar-refractivity contribution in [3.05, 3.63) is 0 Å². The first-order valence-corrected chi connectivity index (χ1v) is 8.53. The molecule has 2 saturated carbocycles. The van der Waals surface area contributed by atoms with Gasteiger partial charge in [-0.25, -0.2) is 0 Å². The highest BCUT2D eigenvalue weighted by molar-refractivity contribution is 4.88. The van der Waals surface area contributed by atoms with Crippen molar-refractivity contribution in [3.63, 3.8) is 0 Å². The van der Waals surface area contributed by atoms with Crippen LogP contribution in [0.3, 0.4) is 0 Å². The Kier molecular flexibility index (Phi) is 5.70. The molecule has 2 fully saturated rings. The van der Waals surface area contributed by atoms with Crippen molar-refractivity contribution in [2.45, 2.75) is 58.9 Å². The topological polar surface area (TPSA) is 15.3 Å². The molecule has 3 unspecified atom stereocenters. The summed E-state index contributed by atoms with van der Waals surface area (Å²) in [5.74, 6) is 3.70. The van der Waals surface area contributed by atoms with Gasteiger partial charge in [-0.15, -0.1) is 0 Å². The number of nitrogens with zero attached hydrogens (tertiary/aromatic N) is 1. The van der Waals surface area contributed by atoms with Crippen LogP contribution in [-0.2, 0) is 0 Å². The first-order chi connectivity index (χ1) is 9.13. The molecule has 0 aromatic heterocycles. The van der Waals surface area contributed by atoms with E-state index in [0.29, 0.717) is 0 Å². The van der Waals surface area contributed by atoms with Crippen molar-refractivity contribution in [1.82, 2.24) is 10.2 Å². The highest BCUT2D eigenvalue weighted by Gasteiger charge is 2.33. The summed E-state index contributed by atoms with van der Waals surface area (Å²) in [5.41, 5.74) is 0. The molecule has 0 aromatic rings. The van der Waals surface area contributed by atoms with E-state index in [9.17, 15) is 0 Å². The minimum absolute atomic E-state index is 0.753. The molecule has 2 aliphatic rings. The average Bonchev–Trinajstić information content (AvgIpc) is 3.21. The first-order valence-electron chi connectivity index (χ1n) is 8.53. The molecule has 0 radical (unpaired) electrons. The van der Waals surface area contributed by atoms with Crippen molar-refractivity contribution in [3.8, 4) is 0 Å². The van der Waals surface area contributed by atoms with E-state index >= 15 is 0 Å². The molecular formula is C17H34N2.